The van der Waals surface area contributed by atoms with Crippen LogP contribution < -0.4 is 5.32 Å². The van der Waals surface area contributed by atoms with Crippen LogP contribution in [0.5, 0.6) is 0 Å². The van der Waals surface area contributed by atoms with Crippen LogP contribution in [0.1, 0.15) is 58.3 Å². The van der Waals surface area contributed by atoms with Gasteiger partial charge in [0.25, 0.3) is 0 Å². The molecule has 16 heavy (non-hydrogen) atoms. The van der Waals surface area contributed by atoms with Gasteiger partial charge in [-0.25, -0.2) is 0 Å². The van der Waals surface area contributed by atoms with Crippen molar-refractivity contribution in [2.45, 2.75) is 76.5 Å². The Morgan fingerprint density at radius 3 is 2.19 bits per heavy atom. The third-order valence-electron chi connectivity index (χ3n) is 4.61. The molecule has 2 heteroatoms. The summed E-state index contributed by atoms with van der Waals surface area (Å²) in [7, 11) is 1.85. The van der Waals surface area contributed by atoms with E-state index >= 15 is 0 Å². The topological polar surface area (TPSA) is 21.3 Å². The molecule has 2 aliphatic carbocycles. The Hall–Kier alpha value is -0.0800. The first-order chi connectivity index (χ1) is 7.79. The van der Waals surface area contributed by atoms with Crippen molar-refractivity contribution in [3.63, 3.8) is 0 Å². The lowest BCUT2D eigenvalue weighted by atomic mass is 9.91. The molecule has 2 fully saturated rings. The van der Waals surface area contributed by atoms with E-state index in [1.54, 1.807) is 0 Å². The van der Waals surface area contributed by atoms with Crippen molar-refractivity contribution in [2.75, 3.05) is 7.11 Å². The van der Waals surface area contributed by atoms with E-state index in [0.29, 0.717) is 6.10 Å². The van der Waals surface area contributed by atoms with E-state index in [2.05, 4.69) is 12.2 Å². The average molecular weight is 225 g/mol. The van der Waals surface area contributed by atoms with Crippen molar-refractivity contribution >= 4 is 0 Å². The summed E-state index contributed by atoms with van der Waals surface area (Å²) in [5.74, 6) is 0.945. The first kappa shape index (κ1) is 12.4. The summed E-state index contributed by atoms with van der Waals surface area (Å²) in [6.45, 7) is 2.39. The molecule has 0 spiro atoms. The highest BCUT2D eigenvalue weighted by atomic mass is 16.5. The summed E-state index contributed by atoms with van der Waals surface area (Å²) >= 11 is 0. The summed E-state index contributed by atoms with van der Waals surface area (Å²) in [5, 5.41) is 3.85. The minimum absolute atomic E-state index is 0.528. The molecule has 0 aromatic carbocycles. The van der Waals surface area contributed by atoms with Crippen molar-refractivity contribution in [3.05, 3.63) is 0 Å². The van der Waals surface area contributed by atoms with Crippen LogP contribution in [-0.2, 0) is 4.74 Å². The van der Waals surface area contributed by atoms with Gasteiger partial charge in [-0.1, -0.05) is 12.8 Å². The van der Waals surface area contributed by atoms with E-state index in [9.17, 15) is 0 Å². The van der Waals surface area contributed by atoms with Crippen LogP contribution in [-0.4, -0.2) is 25.3 Å². The molecule has 0 aliphatic heterocycles. The summed E-state index contributed by atoms with van der Waals surface area (Å²) in [6.07, 6.45) is 11.4. The first-order valence-electron chi connectivity index (χ1n) is 7.08. The molecular weight excluding hydrogens is 198 g/mol. The SMILES string of the molecule is COC1CCC(N[C@H](C)C2CCCC2)CC1. The van der Waals surface area contributed by atoms with Crippen LogP contribution >= 0.6 is 0 Å². The van der Waals surface area contributed by atoms with Gasteiger partial charge in [0, 0.05) is 19.2 Å². The Balaban J connectivity index is 1.69. The summed E-state index contributed by atoms with van der Waals surface area (Å²) < 4.78 is 5.42. The van der Waals surface area contributed by atoms with E-state index < -0.39 is 0 Å². The molecule has 0 amide bonds. The van der Waals surface area contributed by atoms with Gasteiger partial charge in [0.2, 0.25) is 0 Å². The summed E-state index contributed by atoms with van der Waals surface area (Å²) in [4.78, 5) is 0. The molecule has 0 bridgehead atoms. The lowest BCUT2D eigenvalue weighted by Crippen LogP contribution is -2.43. The maximum Gasteiger partial charge on any atom is 0.0572 e. The number of ether oxygens (including phenoxy) is 1. The van der Waals surface area contributed by atoms with Gasteiger partial charge < -0.3 is 10.1 Å². The second-order valence-corrected chi connectivity index (χ2v) is 5.71. The molecule has 0 aromatic rings. The van der Waals surface area contributed by atoms with Gasteiger partial charge in [0.05, 0.1) is 6.10 Å². The number of hydrogen-bond acceptors (Lipinski definition) is 2. The quantitative estimate of drug-likeness (QED) is 0.794. The van der Waals surface area contributed by atoms with E-state index in [1.807, 2.05) is 7.11 Å². The van der Waals surface area contributed by atoms with Gasteiger partial charge >= 0.3 is 0 Å². The number of nitrogens with one attached hydrogen (secondary N) is 1. The monoisotopic (exact) mass is 225 g/mol. The molecule has 1 atom stereocenters. The van der Waals surface area contributed by atoms with Gasteiger partial charge in [-0.15, -0.1) is 0 Å². The minimum atomic E-state index is 0.528. The molecule has 0 radical (unpaired) electrons. The Morgan fingerprint density at radius 1 is 1.00 bits per heavy atom. The molecule has 94 valence electrons. The molecule has 0 saturated heterocycles. The van der Waals surface area contributed by atoms with Gasteiger partial charge in [0.1, 0.15) is 0 Å². The molecule has 0 unspecified atom stereocenters. The fourth-order valence-corrected chi connectivity index (χ4v) is 3.43. The van der Waals surface area contributed by atoms with Crippen LogP contribution in [0.4, 0.5) is 0 Å². The standard InChI is InChI=1S/C14H27NO/c1-11(12-5-3-4-6-12)15-13-7-9-14(16-2)10-8-13/h11-15H,3-10H2,1-2H3/t11-,13?,14?/m1/s1. The predicted octanol–water partition coefficient (Wildman–Crippen LogP) is 3.11. The third kappa shape index (κ3) is 3.21. The zero-order valence-corrected chi connectivity index (χ0v) is 10.9. The fourth-order valence-electron chi connectivity index (χ4n) is 3.43. The highest BCUT2D eigenvalue weighted by Crippen LogP contribution is 2.29. The Labute approximate surface area is 100 Å². The Bertz CT molecular complexity index is 193. The number of rotatable bonds is 4. The van der Waals surface area contributed by atoms with Crippen LogP contribution in [0.25, 0.3) is 0 Å². The van der Waals surface area contributed by atoms with Crippen LogP contribution in [0.3, 0.4) is 0 Å². The number of methoxy groups -OCH3 is 1. The van der Waals surface area contributed by atoms with Crippen LogP contribution in [0, 0.1) is 5.92 Å². The summed E-state index contributed by atoms with van der Waals surface area (Å²) in [6, 6.07) is 1.48. The van der Waals surface area contributed by atoms with Crippen molar-refractivity contribution < 1.29 is 4.74 Å². The largest absolute Gasteiger partial charge is 0.381 e. The Morgan fingerprint density at radius 2 is 1.62 bits per heavy atom. The smallest absolute Gasteiger partial charge is 0.0572 e. The molecule has 2 nitrogen and oxygen atoms in total. The fraction of sp³-hybridized carbons (Fsp3) is 1.00. The molecular formula is C14H27NO. The minimum Gasteiger partial charge on any atom is -0.381 e. The highest BCUT2D eigenvalue weighted by Gasteiger charge is 2.26. The molecule has 1 N–H and O–H groups in total. The number of hydrogen-bond donors (Lipinski definition) is 1. The molecule has 2 aliphatic rings. The van der Waals surface area contributed by atoms with E-state index in [1.165, 1.54) is 51.4 Å². The first-order valence-corrected chi connectivity index (χ1v) is 7.08. The normalized spacial score (nSPS) is 34.1. The van der Waals surface area contributed by atoms with Gasteiger partial charge in [-0.05, 0) is 51.4 Å². The third-order valence-corrected chi connectivity index (χ3v) is 4.61. The maximum atomic E-state index is 5.42. The predicted molar refractivity (Wildman–Crippen MR) is 67.6 cm³/mol. The lowest BCUT2D eigenvalue weighted by molar-refractivity contribution is 0.0603. The van der Waals surface area contributed by atoms with Crippen LogP contribution in [0.2, 0.25) is 0 Å². The van der Waals surface area contributed by atoms with Crippen molar-refractivity contribution in [2.24, 2.45) is 5.92 Å². The van der Waals surface area contributed by atoms with Gasteiger partial charge in [0.15, 0.2) is 0 Å². The average Bonchev–Trinajstić information content (AvgIpc) is 2.83. The molecule has 0 heterocycles. The van der Waals surface area contributed by atoms with E-state index in [0.717, 1.165) is 18.0 Å². The van der Waals surface area contributed by atoms with Gasteiger partial charge in [-0.3, -0.25) is 0 Å². The molecule has 0 aromatic heterocycles. The zero-order valence-electron chi connectivity index (χ0n) is 10.9. The highest BCUT2D eigenvalue weighted by molar-refractivity contribution is 4.83. The van der Waals surface area contributed by atoms with Crippen molar-refractivity contribution in [1.82, 2.24) is 5.32 Å². The maximum absolute atomic E-state index is 5.42. The zero-order chi connectivity index (χ0) is 11.4. The van der Waals surface area contributed by atoms with Crippen molar-refractivity contribution in [1.29, 1.82) is 0 Å². The van der Waals surface area contributed by atoms with Crippen molar-refractivity contribution in [3.8, 4) is 0 Å². The van der Waals surface area contributed by atoms with E-state index in [4.69, 9.17) is 4.74 Å². The van der Waals surface area contributed by atoms with Gasteiger partial charge in [-0.2, -0.15) is 0 Å². The lowest BCUT2D eigenvalue weighted by Gasteiger charge is -2.32. The molecule has 2 rings (SSSR count). The van der Waals surface area contributed by atoms with Crippen LogP contribution in [0.15, 0.2) is 0 Å². The second kappa shape index (κ2) is 6.02. The van der Waals surface area contributed by atoms with E-state index in [-0.39, 0.29) is 0 Å². The molecule has 2 saturated carbocycles. The Kier molecular flexibility index (Phi) is 4.66. The second-order valence-electron chi connectivity index (χ2n) is 5.71. The summed E-state index contributed by atoms with van der Waals surface area (Å²) in [5.41, 5.74) is 0.